The van der Waals surface area contributed by atoms with Gasteiger partial charge in [0.05, 0.1) is 30.7 Å². The first-order valence-electron chi connectivity index (χ1n) is 14.8. The average Bonchev–Trinajstić information content (AvgIpc) is 3.34. The van der Waals surface area contributed by atoms with Gasteiger partial charge in [-0.05, 0) is 72.8 Å². The van der Waals surface area contributed by atoms with E-state index in [1.54, 1.807) is 14.1 Å². The molecule has 0 unspecified atom stereocenters. The summed E-state index contributed by atoms with van der Waals surface area (Å²) in [4.78, 5) is 26.6. The van der Waals surface area contributed by atoms with Crippen molar-refractivity contribution in [2.24, 2.45) is 17.3 Å². The standard InChI is InChI=1S/C33H39BFN3O5/c1-32(2)24-18-27(32)33(3)28(19-24)42-34(43-33)29(17-21-9-7-6-8-10-21)37-30(39)13-14-41-26-16-22(11-12-25(26)35)15-23(20-36)31(40)38(4)5/h6-12,15-16,24,27-29H,13-14,17-19H2,1-5H3,(H,37,39)/b23-15+/t24-,27-,28+,29-,33-/m0/s1. The zero-order valence-electron chi connectivity index (χ0n) is 25.4. The van der Waals surface area contributed by atoms with Gasteiger partial charge in [0.1, 0.15) is 11.6 Å². The predicted octanol–water partition coefficient (Wildman–Crippen LogP) is 4.58. The largest absolute Gasteiger partial charge is 0.490 e. The molecule has 2 aromatic rings. The molecular formula is C33H39BFN3O5. The summed E-state index contributed by atoms with van der Waals surface area (Å²) in [5, 5.41) is 12.5. The number of nitriles is 1. The number of ether oxygens (including phenoxy) is 1. The summed E-state index contributed by atoms with van der Waals surface area (Å²) in [6.45, 7) is 6.71. The minimum absolute atomic E-state index is 0.00773. The third kappa shape index (κ3) is 6.20. The van der Waals surface area contributed by atoms with Crippen LogP contribution in [0.3, 0.4) is 0 Å². The van der Waals surface area contributed by atoms with E-state index in [1.165, 1.54) is 29.2 Å². The molecule has 10 heteroatoms. The third-order valence-electron chi connectivity index (χ3n) is 9.55. The molecule has 3 aliphatic carbocycles. The summed E-state index contributed by atoms with van der Waals surface area (Å²) in [7, 11) is 2.50. The number of hydrogen-bond donors (Lipinski definition) is 1. The summed E-state index contributed by atoms with van der Waals surface area (Å²) in [6.07, 6.45) is 3.98. The van der Waals surface area contributed by atoms with Crippen molar-refractivity contribution in [3.63, 3.8) is 0 Å². The molecule has 43 heavy (non-hydrogen) atoms. The van der Waals surface area contributed by atoms with Crippen molar-refractivity contribution in [1.29, 1.82) is 5.26 Å². The monoisotopic (exact) mass is 587 g/mol. The van der Waals surface area contributed by atoms with E-state index >= 15 is 0 Å². The Morgan fingerprint density at radius 3 is 2.63 bits per heavy atom. The van der Waals surface area contributed by atoms with Gasteiger partial charge in [0.15, 0.2) is 11.6 Å². The van der Waals surface area contributed by atoms with Crippen molar-refractivity contribution in [1.82, 2.24) is 10.2 Å². The van der Waals surface area contributed by atoms with Gasteiger partial charge < -0.3 is 24.3 Å². The SMILES string of the molecule is CN(C)C(=O)/C(C#N)=C/c1ccc(F)c(OCCC(=O)N[C@@H](Cc2ccccc2)B2O[C@@H]3C[C@@H]4C[C@@H](C4(C)C)[C@]3(C)O2)c1. The zero-order chi connectivity index (χ0) is 30.9. The Kier molecular flexibility index (Phi) is 8.69. The Hall–Kier alpha value is -3.68. The van der Waals surface area contributed by atoms with Crippen LogP contribution in [0.1, 0.15) is 51.2 Å². The van der Waals surface area contributed by atoms with E-state index in [2.05, 4.69) is 26.1 Å². The second-order valence-corrected chi connectivity index (χ2v) is 12.9. The van der Waals surface area contributed by atoms with Crippen molar-refractivity contribution >= 4 is 25.0 Å². The van der Waals surface area contributed by atoms with Crippen LogP contribution in [-0.2, 0) is 25.3 Å². The lowest BCUT2D eigenvalue weighted by molar-refractivity contribution is -0.199. The van der Waals surface area contributed by atoms with Gasteiger partial charge in [-0.25, -0.2) is 4.39 Å². The maximum atomic E-state index is 14.5. The molecule has 8 nitrogen and oxygen atoms in total. The molecule has 2 bridgehead atoms. The van der Waals surface area contributed by atoms with Crippen molar-refractivity contribution in [2.75, 3.05) is 20.7 Å². The van der Waals surface area contributed by atoms with Crippen LogP contribution in [0.25, 0.3) is 6.08 Å². The lowest BCUT2D eigenvalue weighted by Crippen LogP contribution is -2.65. The maximum absolute atomic E-state index is 14.5. The van der Waals surface area contributed by atoms with Crippen LogP contribution in [0.2, 0.25) is 0 Å². The quantitative estimate of drug-likeness (QED) is 0.248. The number of carbonyl (C=O) groups excluding carboxylic acids is 2. The highest BCUT2D eigenvalue weighted by Gasteiger charge is 2.68. The average molecular weight is 588 g/mol. The summed E-state index contributed by atoms with van der Waals surface area (Å²) in [5.41, 5.74) is 1.21. The molecule has 6 rings (SSSR count). The van der Waals surface area contributed by atoms with E-state index in [0.29, 0.717) is 23.8 Å². The lowest BCUT2D eigenvalue weighted by Gasteiger charge is -2.64. The summed E-state index contributed by atoms with van der Waals surface area (Å²) in [5.74, 6) is -0.799. The van der Waals surface area contributed by atoms with Gasteiger partial charge >= 0.3 is 7.12 Å². The molecule has 3 saturated carbocycles. The van der Waals surface area contributed by atoms with Crippen LogP contribution in [0.5, 0.6) is 5.75 Å². The van der Waals surface area contributed by atoms with Crippen LogP contribution < -0.4 is 10.1 Å². The predicted molar refractivity (Wildman–Crippen MR) is 161 cm³/mol. The molecule has 0 radical (unpaired) electrons. The molecule has 4 aliphatic rings. The first-order valence-corrected chi connectivity index (χ1v) is 14.8. The third-order valence-corrected chi connectivity index (χ3v) is 9.55. The Morgan fingerprint density at radius 2 is 1.95 bits per heavy atom. The number of rotatable bonds is 10. The fraction of sp³-hybridized carbons (Fsp3) is 0.485. The van der Waals surface area contributed by atoms with E-state index in [0.717, 1.165) is 18.4 Å². The van der Waals surface area contributed by atoms with Gasteiger partial charge in [0, 0.05) is 14.1 Å². The fourth-order valence-electron chi connectivity index (χ4n) is 6.96. The van der Waals surface area contributed by atoms with E-state index in [1.807, 2.05) is 36.4 Å². The number of likely N-dealkylation sites (N-methyl/N-ethyl adjacent to an activating group) is 1. The van der Waals surface area contributed by atoms with E-state index in [9.17, 15) is 19.2 Å². The van der Waals surface area contributed by atoms with Crippen LogP contribution in [0.15, 0.2) is 54.1 Å². The van der Waals surface area contributed by atoms with Crippen molar-refractivity contribution in [2.45, 2.75) is 64.1 Å². The molecule has 226 valence electrons. The summed E-state index contributed by atoms with van der Waals surface area (Å²) < 4.78 is 33.3. The number of carbonyl (C=O) groups is 2. The minimum atomic E-state index is -0.609. The molecule has 1 aliphatic heterocycles. The number of amides is 2. The molecule has 2 aromatic carbocycles. The van der Waals surface area contributed by atoms with Gasteiger partial charge in [-0.1, -0.05) is 50.2 Å². The van der Waals surface area contributed by atoms with Crippen LogP contribution in [0.4, 0.5) is 4.39 Å². The van der Waals surface area contributed by atoms with Gasteiger partial charge in [-0.3, -0.25) is 9.59 Å². The molecule has 5 atom stereocenters. The number of hydrogen-bond acceptors (Lipinski definition) is 6. The second-order valence-electron chi connectivity index (χ2n) is 12.9. The van der Waals surface area contributed by atoms with Crippen molar-refractivity contribution in [3.8, 4) is 11.8 Å². The van der Waals surface area contributed by atoms with Gasteiger partial charge in [0.25, 0.3) is 5.91 Å². The highest BCUT2D eigenvalue weighted by atomic mass is 19.1. The molecular weight excluding hydrogens is 548 g/mol. The van der Waals surface area contributed by atoms with Crippen LogP contribution in [0, 0.1) is 34.4 Å². The molecule has 4 fully saturated rings. The van der Waals surface area contributed by atoms with Gasteiger partial charge in [0.2, 0.25) is 5.91 Å². The Bertz CT molecular complexity index is 1440. The Labute approximate surface area is 253 Å². The van der Waals surface area contributed by atoms with Crippen LogP contribution in [-0.4, -0.2) is 62.2 Å². The first-order chi connectivity index (χ1) is 20.4. The number of nitrogens with one attached hydrogen (secondary N) is 1. The molecule has 0 spiro atoms. The smallest absolute Gasteiger partial charge is 0.482 e. The molecule has 1 saturated heterocycles. The number of halogens is 1. The van der Waals surface area contributed by atoms with Crippen molar-refractivity contribution < 1.29 is 28.0 Å². The highest BCUT2D eigenvalue weighted by Crippen LogP contribution is 2.65. The van der Waals surface area contributed by atoms with E-state index in [-0.39, 0.29) is 41.8 Å². The molecule has 2 amide bonds. The fourth-order valence-corrected chi connectivity index (χ4v) is 6.96. The molecule has 1 heterocycles. The topological polar surface area (TPSA) is 101 Å². The number of benzene rings is 2. The zero-order valence-corrected chi connectivity index (χ0v) is 25.4. The second kappa shape index (κ2) is 12.1. The first kappa shape index (κ1) is 30.8. The van der Waals surface area contributed by atoms with Gasteiger partial charge in [-0.2, -0.15) is 5.26 Å². The van der Waals surface area contributed by atoms with E-state index < -0.39 is 30.4 Å². The molecule has 1 N–H and O–H groups in total. The van der Waals surface area contributed by atoms with Crippen LogP contribution >= 0.6 is 0 Å². The number of nitrogens with zero attached hydrogens (tertiary/aromatic N) is 2. The van der Waals surface area contributed by atoms with Crippen molar-refractivity contribution in [3.05, 3.63) is 71.0 Å². The van der Waals surface area contributed by atoms with Gasteiger partial charge in [-0.15, -0.1) is 0 Å². The highest BCUT2D eigenvalue weighted by molar-refractivity contribution is 6.48. The minimum Gasteiger partial charge on any atom is -0.490 e. The Balaban J connectivity index is 1.24. The lowest BCUT2D eigenvalue weighted by atomic mass is 9.43. The normalized spacial score (nSPS) is 26.0. The summed E-state index contributed by atoms with van der Waals surface area (Å²) >= 11 is 0. The Morgan fingerprint density at radius 1 is 1.21 bits per heavy atom. The van der Waals surface area contributed by atoms with E-state index in [4.69, 9.17) is 14.0 Å². The maximum Gasteiger partial charge on any atom is 0.482 e. The molecule has 0 aromatic heterocycles. The summed E-state index contributed by atoms with van der Waals surface area (Å²) in [6, 6.07) is 15.8.